The molecule has 0 saturated heterocycles. The van der Waals surface area contributed by atoms with E-state index in [1.807, 2.05) is 105 Å². The molecule has 9 nitrogen and oxygen atoms in total. The Kier molecular flexibility index (Phi) is 20.8. The summed E-state index contributed by atoms with van der Waals surface area (Å²) in [6, 6.07) is 50.7. The summed E-state index contributed by atoms with van der Waals surface area (Å²) in [6.45, 7) is 5.68. The van der Waals surface area contributed by atoms with Gasteiger partial charge in [-0.2, -0.15) is 13.2 Å². The van der Waals surface area contributed by atoms with Crippen molar-refractivity contribution in [1.29, 1.82) is 0 Å². The third-order valence-corrected chi connectivity index (χ3v) is 16.5. The normalized spacial score (nSPS) is 16.3. The molecule has 1 heterocycles. The quantitative estimate of drug-likeness (QED) is 0.135. The second-order valence-electron chi connectivity index (χ2n) is 23.5. The van der Waals surface area contributed by atoms with Crippen LogP contribution in [0.25, 0.3) is 44.7 Å². The summed E-state index contributed by atoms with van der Waals surface area (Å²) in [6.07, 6.45) is 0.960. The lowest BCUT2D eigenvalue weighted by Crippen LogP contribution is -2.21. The van der Waals surface area contributed by atoms with Gasteiger partial charge in [0.1, 0.15) is 52.0 Å². The molecule has 4 fully saturated rings. The maximum Gasteiger partial charge on any atom is 0.416 e. The zero-order valence-electron chi connectivity index (χ0n) is 49.0. The first-order valence-electron chi connectivity index (χ1n) is 29.3. The molecular weight excluding hydrogens is 1160 g/mol. The Bertz CT molecular complexity index is 3880. The van der Waals surface area contributed by atoms with Gasteiger partial charge in [0.25, 0.3) is 0 Å². The van der Waals surface area contributed by atoms with Crippen molar-refractivity contribution >= 4 is 69.5 Å². The minimum atomic E-state index is -4.39. The molecule has 88 heavy (non-hydrogen) atoms. The minimum absolute atomic E-state index is 0.00610. The van der Waals surface area contributed by atoms with Crippen molar-refractivity contribution in [3.05, 3.63) is 225 Å². The van der Waals surface area contributed by atoms with Gasteiger partial charge >= 0.3 is 6.18 Å². The highest BCUT2D eigenvalue weighted by Crippen LogP contribution is 2.39. The van der Waals surface area contributed by atoms with Crippen LogP contribution >= 0.6 is 23.2 Å². The summed E-state index contributed by atoms with van der Waals surface area (Å²) >= 11 is 12.3. The van der Waals surface area contributed by atoms with E-state index >= 15 is 0 Å². The molecule has 0 N–H and O–H groups in total. The van der Waals surface area contributed by atoms with Crippen molar-refractivity contribution in [2.24, 2.45) is 0 Å². The van der Waals surface area contributed by atoms with Gasteiger partial charge in [-0.1, -0.05) is 137 Å². The largest absolute Gasteiger partial charge is 0.464 e. The number of furan rings is 1. The molecule has 8 aromatic rings. The standard InChI is InChI=1S/C20H17F3O2.C19H17ClO2.C18H15ClO2.C17H16O3/c1-12-6-15(8-17(7-12)20(21,22)23)13-2-4-14(5-3-13)16-9-18(24)11-19(25)10-16;1-12-5-14(13-3-2-4-17(20)8-13)7-15(6-12)16-9-18(21)11-19(22)10-16;19-16-7-13(12-4-2-1-3-5-12)6-14(8-16)15-9-17(20)11-18(21)10-15;1-11-5-12(13-8-15(18)10-16(19)9-13)7-14(6-11)17-3-2-4-20-17/h2-8,16H,9-11H2,1H3;2-8,16H,9-11H2,1H3;1-8,15H,9-11H2;2-7,13H,8-10H2,1H3. The molecule has 4 saturated carbocycles. The van der Waals surface area contributed by atoms with Crippen LogP contribution in [0.2, 0.25) is 10.0 Å². The Morgan fingerprint density at radius 3 is 1.18 bits per heavy atom. The first kappa shape index (κ1) is 64.0. The number of carbonyl (C=O) groups is 8. The minimum Gasteiger partial charge on any atom is -0.464 e. The van der Waals surface area contributed by atoms with Gasteiger partial charge in [-0.15, -0.1) is 0 Å². The molecule has 12 rings (SSSR count). The number of benzene rings is 7. The summed E-state index contributed by atoms with van der Waals surface area (Å²) in [5.74, 6) is 0.782. The lowest BCUT2D eigenvalue weighted by atomic mass is 9.81. The number of rotatable bonds is 8. The van der Waals surface area contributed by atoms with Gasteiger partial charge in [0.15, 0.2) is 0 Å². The number of carbonyl (C=O) groups excluding carboxylic acids is 8. The number of hydrogen-bond acceptors (Lipinski definition) is 9. The van der Waals surface area contributed by atoms with Crippen molar-refractivity contribution in [3.8, 4) is 44.7 Å². The highest BCUT2D eigenvalue weighted by Gasteiger charge is 2.33. The van der Waals surface area contributed by atoms with E-state index in [0.717, 1.165) is 79.1 Å². The van der Waals surface area contributed by atoms with E-state index in [-0.39, 0.29) is 95.6 Å². The molecule has 7 aromatic carbocycles. The lowest BCUT2D eigenvalue weighted by Gasteiger charge is -2.21. The maximum atomic E-state index is 13.0. The summed E-state index contributed by atoms with van der Waals surface area (Å²) in [7, 11) is 0. The van der Waals surface area contributed by atoms with Crippen LogP contribution in [-0.2, 0) is 44.5 Å². The van der Waals surface area contributed by atoms with Gasteiger partial charge in [0, 0.05) is 67.0 Å². The van der Waals surface area contributed by atoms with E-state index in [2.05, 4.69) is 30.3 Å². The Balaban J connectivity index is 0.000000140. The fourth-order valence-electron chi connectivity index (χ4n) is 12.1. The molecule has 1 aromatic heterocycles. The zero-order valence-corrected chi connectivity index (χ0v) is 50.5. The van der Waals surface area contributed by atoms with Crippen LogP contribution in [0.5, 0.6) is 0 Å². The van der Waals surface area contributed by atoms with Crippen LogP contribution < -0.4 is 0 Å². The molecule has 0 bridgehead atoms. The fourth-order valence-corrected chi connectivity index (χ4v) is 12.5. The molecule has 4 aliphatic carbocycles. The zero-order chi connectivity index (χ0) is 62.8. The number of aryl methyl sites for hydroxylation is 3. The SMILES string of the molecule is Cc1cc(-c2ccc(C3CC(=O)CC(=O)C3)cc2)cc(C(F)(F)F)c1.Cc1cc(-c2cccc(Cl)c2)cc(C2CC(=O)CC(=O)C2)c1.Cc1cc(-c2ccco2)cc(C2CC(=O)CC(=O)C2)c1.O=C1CC(=O)CC(c2cc(Cl)cc(-c3ccccc3)c2)C1. The van der Waals surface area contributed by atoms with Crippen molar-refractivity contribution in [3.63, 3.8) is 0 Å². The molecule has 0 atom stereocenters. The van der Waals surface area contributed by atoms with Crippen LogP contribution in [0, 0.1) is 20.8 Å². The third-order valence-electron chi connectivity index (χ3n) is 16.1. The van der Waals surface area contributed by atoms with Gasteiger partial charge in [0.05, 0.1) is 37.5 Å². The van der Waals surface area contributed by atoms with Crippen LogP contribution in [0.3, 0.4) is 0 Å². The number of Topliss-reactive ketones (excluding diaryl/α,β-unsaturated/α-hetero) is 8. The van der Waals surface area contributed by atoms with E-state index in [4.69, 9.17) is 27.6 Å². The summed E-state index contributed by atoms with van der Waals surface area (Å²) in [5.41, 5.74) is 12.4. The van der Waals surface area contributed by atoms with Crippen molar-refractivity contribution in [2.45, 2.75) is 128 Å². The molecule has 0 radical (unpaired) electrons. The summed E-state index contributed by atoms with van der Waals surface area (Å²) < 4.78 is 44.4. The second kappa shape index (κ2) is 28.6. The molecule has 14 heteroatoms. The molecule has 0 amide bonds. The van der Waals surface area contributed by atoms with Crippen molar-refractivity contribution in [2.75, 3.05) is 0 Å². The predicted octanol–water partition coefficient (Wildman–Crippen LogP) is 17.9. The highest BCUT2D eigenvalue weighted by molar-refractivity contribution is 6.31. The number of halogens is 5. The first-order chi connectivity index (χ1) is 42.0. The fraction of sp³-hybridized carbons (Fsp3) is 0.270. The van der Waals surface area contributed by atoms with Gasteiger partial charge in [-0.3, -0.25) is 38.4 Å². The van der Waals surface area contributed by atoms with Gasteiger partial charge in [0.2, 0.25) is 0 Å². The van der Waals surface area contributed by atoms with Gasteiger partial charge in [-0.25, -0.2) is 0 Å². The Morgan fingerprint density at radius 2 is 0.727 bits per heavy atom. The molecular formula is C74H65Cl2F3O9. The van der Waals surface area contributed by atoms with E-state index in [0.29, 0.717) is 78.1 Å². The molecule has 0 spiro atoms. The highest BCUT2D eigenvalue weighted by atomic mass is 35.5. The lowest BCUT2D eigenvalue weighted by molar-refractivity contribution is -0.138. The first-order valence-corrected chi connectivity index (χ1v) is 30.0. The monoisotopic (exact) mass is 1220 g/mol. The second-order valence-corrected chi connectivity index (χ2v) is 24.4. The Morgan fingerprint density at radius 1 is 0.341 bits per heavy atom. The van der Waals surface area contributed by atoms with Crippen molar-refractivity contribution in [1.82, 2.24) is 0 Å². The smallest absolute Gasteiger partial charge is 0.416 e. The Labute approximate surface area is 519 Å². The van der Waals surface area contributed by atoms with Crippen LogP contribution in [-0.4, -0.2) is 46.3 Å². The number of ketones is 8. The van der Waals surface area contributed by atoms with Crippen LogP contribution in [0.1, 0.15) is 145 Å². The maximum absolute atomic E-state index is 13.0. The number of hydrogen-bond donors (Lipinski definition) is 0. The van der Waals surface area contributed by atoms with E-state index in [9.17, 15) is 51.5 Å². The van der Waals surface area contributed by atoms with E-state index in [1.165, 1.54) is 0 Å². The van der Waals surface area contributed by atoms with Gasteiger partial charge < -0.3 is 4.42 Å². The molecule has 0 unspecified atom stereocenters. The topological polar surface area (TPSA) is 150 Å². The average molecular weight is 1230 g/mol. The average Bonchev–Trinajstić information content (AvgIpc) is 3.71. The molecule has 4 aliphatic rings. The molecule has 450 valence electrons. The van der Waals surface area contributed by atoms with Crippen LogP contribution in [0.4, 0.5) is 13.2 Å². The molecule has 0 aliphatic heterocycles. The van der Waals surface area contributed by atoms with Gasteiger partial charge in [-0.05, 0) is 166 Å². The Hall–Kier alpha value is -8.45. The summed E-state index contributed by atoms with van der Waals surface area (Å²) in [4.78, 5) is 93.1. The van der Waals surface area contributed by atoms with E-state index in [1.54, 1.807) is 43.5 Å². The number of alkyl halides is 3. The van der Waals surface area contributed by atoms with Crippen LogP contribution in [0.15, 0.2) is 174 Å². The third kappa shape index (κ3) is 17.6. The predicted molar refractivity (Wildman–Crippen MR) is 335 cm³/mol. The summed E-state index contributed by atoms with van der Waals surface area (Å²) in [5, 5.41) is 1.33. The van der Waals surface area contributed by atoms with Crippen molar-refractivity contribution < 1.29 is 55.9 Å². The van der Waals surface area contributed by atoms with E-state index < -0.39 is 11.7 Å².